The first-order valence-electron chi connectivity index (χ1n) is 11.4. The summed E-state index contributed by atoms with van der Waals surface area (Å²) in [5.74, 6) is 1.70. The molecule has 3 aliphatic rings. The molecule has 5 heterocycles. The Hall–Kier alpha value is -2.58. The predicted octanol–water partition coefficient (Wildman–Crippen LogP) is 2.54. The fraction of sp³-hybridized carbons (Fsp3) is 0.565. The molecule has 2 N–H and O–H groups in total. The fourth-order valence-corrected chi connectivity index (χ4v) is 5.65. The number of aryl methyl sites for hydroxylation is 1. The summed E-state index contributed by atoms with van der Waals surface area (Å²) < 4.78 is 0. The first-order chi connectivity index (χ1) is 15.1. The Labute approximate surface area is 181 Å². The molecular weight excluding hydrogens is 390 g/mol. The van der Waals surface area contributed by atoms with Gasteiger partial charge in [-0.2, -0.15) is 5.10 Å². The van der Waals surface area contributed by atoms with Crippen LogP contribution in [0.4, 0.5) is 5.82 Å². The molecule has 0 aromatic carbocycles. The van der Waals surface area contributed by atoms with Crippen LogP contribution in [0.5, 0.6) is 0 Å². The summed E-state index contributed by atoms with van der Waals surface area (Å²) in [6, 6.07) is 2.42. The number of hydrogen-bond acceptors (Lipinski definition) is 7. The highest BCUT2D eigenvalue weighted by atomic mass is 16.3. The van der Waals surface area contributed by atoms with E-state index in [1.807, 2.05) is 25.4 Å². The number of nitrogens with one attached hydrogen (secondary N) is 1. The van der Waals surface area contributed by atoms with Gasteiger partial charge in [0.25, 0.3) is 0 Å². The minimum atomic E-state index is -0.110. The lowest BCUT2D eigenvalue weighted by atomic mass is 9.77. The fourth-order valence-electron chi connectivity index (χ4n) is 5.65. The first-order valence-corrected chi connectivity index (χ1v) is 11.4. The molecule has 8 heteroatoms. The van der Waals surface area contributed by atoms with Crippen molar-refractivity contribution in [2.45, 2.75) is 51.2 Å². The molecule has 0 unspecified atom stereocenters. The highest BCUT2D eigenvalue weighted by molar-refractivity contribution is 5.90. The smallest absolute Gasteiger partial charge is 0.165 e. The Morgan fingerprint density at radius 1 is 1.10 bits per heavy atom. The highest BCUT2D eigenvalue weighted by Gasteiger charge is 2.45. The third-order valence-electron chi connectivity index (χ3n) is 7.81. The van der Waals surface area contributed by atoms with Crippen LogP contribution < -0.4 is 4.90 Å². The summed E-state index contributed by atoms with van der Waals surface area (Å²) in [6.45, 7) is 6.26. The monoisotopic (exact) mass is 419 g/mol. The minimum absolute atomic E-state index is 0.110. The lowest BCUT2D eigenvalue weighted by Gasteiger charge is -2.43. The molecule has 1 spiro atoms. The maximum atomic E-state index is 10.1. The van der Waals surface area contributed by atoms with Gasteiger partial charge in [0.2, 0.25) is 0 Å². The number of aromatic amines is 1. The highest BCUT2D eigenvalue weighted by Crippen LogP contribution is 2.44. The maximum Gasteiger partial charge on any atom is 0.165 e. The van der Waals surface area contributed by atoms with Gasteiger partial charge in [-0.15, -0.1) is 0 Å². The maximum absolute atomic E-state index is 10.1. The number of fused-ring (bicyclic) bond motifs is 1. The van der Waals surface area contributed by atoms with Crippen molar-refractivity contribution in [3.63, 3.8) is 0 Å². The van der Waals surface area contributed by atoms with Gasteiger partial charge in [-0.1, -0.05) is 0 Å². The summed E-state index contributed by atoms with van der Waals surface area (Å²) in [5.41, 5.74) is 3.16. The summed E-state index contributed by atoms with van der Waals surface area (Å²) in [4.78, 5) is 19.0. The van der Waals surface area contributed by atoms with Gasteiger partial charge in [-0.25, -0.2) is 9.97 Å². The topological polar surface area (TPSA) is 94.1 Å². The normalized spacial score (nSPS) is 25.9. The van der Waals surface area contributed by atoms with Crippen LogP contribution >= 0.6 is 0 Å². The van der Waals surface area contributed by atoms with Crippen LogP contribution in [0.1, 0.15) is 37.8 Å². The van der Waals surface area contributed by atoms with E-state index in [-0.39, 0.29) is 6.10 Å². The van der Waals surface area contributed by atoms with Gasteiger partial charge < -0.3 is 10.0 Å². The van der Waals surface area contributed by atoms with Crippen molar-refractivity contribution < 1.29 is 5.11 Å². The molecule has 3 aromatic heterocycles. The molecule has 1 aliphatic carbocycles. The SMILES string of the molecule is Cc1[nH]ncc1-c1nc(N2CCC3(CC2)CCN([C@H]2CC[C@H]2O)C3)c2ccncc2n1. The lowest BCUT2D eigenvalue weighted by molar-refractivity contribution is -0.0164. The zero-order valence-electron chi connectivity index (χ0n) is 18.0. The second-order valence-electron chi connectivity index (χ2n) is 9.59. The van der Waals surface area contributed by atoms with Gasteiger partial charge in [0.1, 0.15) is 5.82 Å². The number of aliphatic hydroxyl groups is 1. The van der Waals surface area contributed by atoms with Crippen molar-refractivity contribution in [1.29, 1.82) is 0 Å². The van der Waals surface area contributed by atoms with Gasteiger partial charge in [0, 0.05) is 43.0 Å². The molecule has 162 valence electrons. The minimum Gasteiger partial charge on any atom is -0.391 e. The third kappa shape index (κ3) is 3.20. The largest absolute Gasteiger partial charge is 0.391 e. The third-order valence-corrected chi connectivity index (χ3v) is 7.81. The second-order valence-corrected chi connectivity index (χ2v) is 9.59. The van der Waals surface area contributed by atoms with Crippen LogP contribution in [-0.2, 0) is 0 Å². The molecule has 31 heavy (non-hydrogen) atoms. The predicted molar refractivity (Wildman–Crippen MR) is 119 cm³/mol. The number of hydrogen-bond donors (Lipinski definition) is 2. The van der Waals surface area contributed by atoms with Crippen LogP contribution in [-0.4, -0.2) is 73.5 Å². The van der Waals surface area contributed by atoms with Crippen LogP contribution in [0, 0.1) is 12.3 Å². The van der Waals surface area contributed by atoms with E-state index in [1.54, 1.807) is 6.20 Å². The van der Waals surface area contributed by atoms with Gasteiger partial charge in [0.15, 0.2) is 5.82 Å². The van der Waals surface area contributed by atoms with Crippen molar-refractivity contribution in [2.24, 2.45) is 5.41 Å². The molecule has 0 bridgehead atoms. The van der Waals surface area contributed by atoms with Crippen LogP contribution in [0.3, 0.4) is 0 Å². The average molecular weight is 420 g/mol. The number of nitrogens with zero attached hydrogens (tertiary/aromatic N) is 6. The number of pyridine rings is 1. The number of rotatable bonds is 3. The standard InChI is InChI=1S/C23H29N7O/c1-15-17(12-25-28-15)21-26-18-13-24-8-4-16(18)22(27-21)29-9-5-23(6-10-29)7-11-30(14-23)19-2-3-20(19)31/h4,8,12-13,19-20,31H,2-3,5-7,9-11,14H2,1H3,(H,25,28)/t19-,20+/m0/s1. The molecule has 6 rings (SSSR count). The van der Waals surface area contributed by atoms with Gasteiger partial charge >= 0.3 is 0 Å². The molecule has 0 amide bonds. The Kier molecular flexibility index (Phi) is 4.47. The van der Waals surface area contributed by atoms with Crippen molar-refractivity contribution in [1.82, 2.24) is 30.0 Å². The number of anilines is 1. The molecular formula is C23H29N7O. The summed E-state index contributed by atoms with van der Waals surface area (Å²) in [5, 5.41) is 18.3. The van der Waals surface area contributed by atoms with Crippen LogP contribution in [0.2, 0.25) is 0 Å². The van der Waals surface area contributed by atoms with E-state index in [0.717, 1.165) is 67.0 Å². The average Bonchev–Trinajstić information content (AvgIpc) is 3.39. The molecule has 2 saturated heterocycles. The molecule has 0 radical (unpaired) electrons. The van der Waals surface area contributed by atoms with E-state index in [4.69, 9.17) is 9.97 Å². The van der Waals surface area contributed by atoms with Crippen molar-refractivity contribution in [3.8, 4) is 11.4 Å². The quantitative estimate of drug-likeness (QED) is 0.674. The molecule has 2 aliphatic heterocycles. The van der Waals surface area contributed by atoms with E-state index < -0.39 is 0 Å². The van der Waals surface area contributed by atoms with E-state index in [9.17, 15) is 5.11 Å². The van der Waals surface area contributed by atoms with Crippen LogP contribution in [0.15, 0.2) is 24.7 Å². The zero-order chi connectivity index (χ0) is 21.0. The van der Waals surface area contributed by atoms with E-state index in [2.05, 4.69) is 25.0 Å². The van der Waals surface area contributed by atoms with Gasteiger partial charge in [0.05, 0.1) is 29.6 Å². The second kappa shape index (κ2) is 7.24. The Morgan fingerprint density at radius 2 is 1.94 bits per heavy atom. The Balaban J connectivity index is 1.26. The number of aromatic nitrogens is 5. The molecule has 1 saturated carbocycles. The van der Waals surface area contributed by atoms with Crippen molar-refractivity contribution in [2.75, 3.05) is 31.1 Å². The molecule has 3 fully saturated rings. The zero-order valence-corrected chi connectivity index (χ0v) is 18.0. The lowest BCUT2D eigenvalue weighted by Crippen LogP contribution is -2.51. The van der Waals surface area contributed by atoms with Crippen molar-refractivity contribution >= 4 is 16.7 Å². The summed E-state index contributed by atoms with van der Waals surface area (Å²) >= 11 is 0. The van der Waals surface area contributed by atoms with E-state index in [0.29, 0.717) is 17.3 Å². The number of H-pyrrole nitrogens is 1. The molecule has 3 aromatic rings. The van der Waals surface area contributed by atoms with Gasteiger partial charge in [-0.05, 0) is 57.1 Å². The van der Waals surface area contributed by atoms with Crippen LogP contribution in [0.25, 0.3) is 22.3 Å². The molecule has 8 nitrogen and oxygen atoms in total. The van der Waals surface area contributed by atoms with E-state index >= 15 is 0 Å². The molecule has 2 atom stereocenters. The Morgan fingerprint density at radius 3 is 2.65 bits per heavy atom. The number of piperidine rings is 1. The first kappa shape index (κ1) is 19.1. The number of likely N-dealkylation sites (tertiary alicyclic amines) is 1. The van der Waals surface area contributed by atoms with E-state index in [1.165, 1.54) is 19.3 Å². The van der Waals surface area contributed by atoms with Gasteiger partial charge in [-0.3, -0.25) is 15.0 Å². The number of aliphatic hydroxyl groups excluding tert-OH is 1. The summed E-state index contributed by atoms with van der Waals surface area (Å²) in [6.07, 6.45) is 11.0. The summed E-state index contributed by atoms with van der Waals surface area (Å²) in [7, 11) is 0. The Bertz CT molecular complexity index is 1100. The van der Waals surface area contributed by atoms with Crippen molar-refractivity contribution in [3.05, 3.63) is 30.4 Å².